The second-order valence-corrected chi connectivity index (χ2v) is 4.89. The van der Waals surface area contributed by atoms with Gasteiger partial charge in [-0.15, -0.1) is 6.42 Å². The summed E-state index contributed by atoms with van der Waals surface area (Å²) in [5.41, 5.74) is 6.37. The first-order valence-corrected chi connectivity index (χ1v) is 6.04. The van der Waals surface area contributed by atoms with E-state index in [-0.39, 0.29) is 5.91 Å². The third-order valence-electron chi connectivity index (χ3n) is 2.72. The van der Waals surface area contributed by atoms with Gasteiger partial charge in [0, 0.05) is 0 Å². The van der Waals surface area contributed by atoms with Crippen LogP contribution in [0.15, 0.2) is 30.3 Å². The maximum Gasteiger partial charge on any atom is 0.238 e. The Morgan fingerprint density at radius 1 is 1.44 bits per heavy atom. The van der Waals surface area contributed by atoms with E-state index in [9.17, 15) is 4.79 Å². The number of rotatable bonds is 5. The molecular formula is C15H20N2O. The van der Waals surface area contributed by atoms with E-state index in [1.54, 1.807) is 13.8 Å². The molecule has 0 spiro atoms. The Kier molecular flexibility index (Phi) is 4.94. The van der Waals surface area contributed by atoms with Gasteiger partial charge in [0.15, 0.2) is 0 Å². The van der Waals surface area contributed by atoms with E-state index in [0.29, 0.717) is 6.42 Å². The third-order valence-corrected chi connectivity index (χ3v) is 2.72. The molecule has 3 nitrogen and oxygen atoms in total. The van der Waals surface area contributed by atoms with Crippen molar-refractivity contribution in [3.05, 3.63) is 35.9 Å². The van der Waals surface area contributed by atoms with Crippen LogP contribution in [0.4, 0.5) is 0 Å². The van der Waals surface area contributed by atoms with Crippen LogP contribution in [0.3, 0.4) is 0 Å². The lowest BCUT2D eigenvalue weighted by atomic mass is 10.0. The minimum absolute atomic E-state index is 0.200. The molecule has 1 amide bonds. The van der Waals surface area contributed by atoms with Crippen LogP contribution in [-0.4, -0.2) is 17.5 Å². The van der Waals surface area contributed by atoms with Crippen molar-refractivity contribution in [2.75, 3.05) is 0 Å². The van der Waals surface area contributed by atoms with Gasteiger partial charge in [-0.2, -0.15) is 0 Å². The van der Waals surface area contributed by atoms with E-state index < -0.39 is 11.6 Å². The highest BCUT2D eigenvalue weighted by molar-refractivity contribution is 5.82. The average molecular weight is 244 g/mol. The van der Waals surface area contributed by atoms with Gasteiger partial charge in [-0.05, 0) is 32.3 Å². The molecule has 0 saturated carbocycles. The number of hydrogen-bond acceptors (Lipinski definition) is 2. The SMILES string of the molecule is C#CC(C)(C)NC(=O)C(N)CCc1ccccc1. The summed E-state index contributed by atoms with van der Waals surface area (Å²) in [6, 6.07) is 9.43. The first kappa shape index (κ1) is 14.3. The van der Waals surface area contributed by atoms with Crippen molar-refractivity contribution >= 4 is 5.91 Å². The van der Waals surface area contributed by atoms with Gasteiger partial charge in [0.25, 0.3) is 0 Å². The normalized spacial score (nSPS) is 12.6. The Hall–Kier alpha value is -1.79. The highest BCUT2D eigenvalue weighted by Crippen LogP contribution is 2.05. The summed E-state index contributed by atoms with van der Waals surface area (Å²) < 4.78 is 0. The molecule has 1 aromatic carbocycles. The molecule has 0 aliphatic heterocycles. The van der Waals surface area contributed by atoms with Gasteiger partial charge in [0.1, 0.15) is 0 Å². The zero-order valence-electron chi connectivity index (χ0n) is 10.9. The minimum atomic E-state index is -0.651. The highest BCUT2D eigenvalue weighted by Gasteiger charge is 2.21. The largest absolute Gasteiger partial charge is 0.339 e. The number of nitrogens with two attached hydrogens (primary N) is 1. The van der Waals surface area contributed by atoms with Crippen LogP contribution in [0.5, 0.6) is 0 Å². The Bertz CT molecular complexity index is 432. The van der Waals surface area contributed by atoms with Gasteiger partial charge in [-0.25, -0.2) is 0 Å². The number of terminal acetylenes is 1. The number of nitrogens with one attached hydrogen (secondary N) is 1. The summed E-state index contributed by atoms with van der Waals surface area (Å²) in [5.74, 6) is 2.31. The summed E-state index contributed by atoms with van der Waals surface area (Å²) in [6.45, 7) is 3.55. The van der Waals surface area contributed by atoms with E-state index in [1.165, 1.54) is 5.56 Å². The topological polar surface area (TPSA) is 55.1 Å². The minimum Gasteiger partial charge on any atom is -0.339 e. The van der Waals surface area contributed by atoms with E-state index in [2.05, 4.69) is 11.2 Å². The van der Waals surface area contributed by atoms with Crippen LogP contribution in [0.25, 0.3) is 0 Å². The summed E-state index contributed by atoms with van der Waals surface area (Å²) >= 11 is 0. The molecule has 0 saturated heterocycles. The Labute approximate surface area is 109 Å². The van der Waals surface area contributed by atoms with Crippen molar-refractivity contribution in [2.24, 2.45) is 5.73 Å². The van der Waals surface area contributed by atoms with Crippen molar-refractivity contribution in [1.82, 2.24) is 5.32 Å². The lowest BCUT2D eigenvalue weighted by molar-refractivity contribution is -0.123. The lowest BCUT2D eigenvalue weighted by Crippen LogP contribution is -2.49. The van der Waals surface area contributed by atoms with Gasteiger partial charge < -0.3 is 11.1 Å². The molecule has 0 aromatic heterocycles. The number of amides is 1. The third kappa shape index (κ3) is 4.60. The van der Waals surface area contributed by atoms with Crippen molar-refractivity contribution in [2.45, 2.75) is 38.3 Å². The molecule has 18 heavy (non-hydrogen) atoms. The quantitative estimate of drug-likeness (QED) is 0.771. The molecule has 1 atom stereocenters. The average Bonchev–Trinajstić information content (AvgIpc) is 2.36. The van der Waals surface area contributed by atoms with E-state index in [0.717, 1.165) is 6.42 Å². The maximum atomic E-state index is 11.8. The van der Waals surface area contributed by atoms with Gasteiger partial charge >= 0.3 is 0 Å². The van der Waals surface area contributed by atoms with Crippen LogP contribution in [0.1, 0.15) is 25.8 Å². The Morgan fingerprint density at radius 2 is 2.06 bits per heavy atom. The van der Waals surface area contributed by atoms with Crippen molar-refractivity contribution in [3.63, 3.8) is 0 Å². The van der Waals surface area contributed by atoms with Gasteiger partial charge in [-0.1, -0.05) is 36.3 Å². The zero-order chi connectivity index (χ0) is 13.6. The summed E-state index contributed by atoms with van der Waals surface area (Å²) in [6.07, 6.45) is 6.71. The second-order valence-electron chi connectivity index (χ2n) is 4.89. The molecule has 0 bridgehead atoms. The van der Waals surface area contributed by atoms with Crippen molar-refractivity contribution < 1.29 is 4.79 Å². The summed E-state index contributed by atoms with van der Waals surface area (Å²) in [7, 11) is 0. The lowest BCUT2D eigenvalue weighted by Gasteiger charge is -2.22. The highest BCUT2D eigenvalue weighted by atomic mass is 16.2. The Morgan fingerprint density at radius 3 is 2.61 bits per heavy atom. The number of carbonyl (C=O) groups excluding carboxylic acids is 1. The van der Waals surface area contributed by atoms with Gasteiger partial charge in [-0.3, -0.25) is 4.79 Å². The van der Waals surface area contributed by atoms with Crippen molar-refractivity contribution in [3.8, 4) is 12.3 Å². The fraction of sp³-hybridized carbons (Fsp3) is 0.400. The molecule has 1 aromatic rings. The second kappa shape index (κ2) is 6.23. The standard InChI is InChI=1S/C15H20N2O/c1-4-15(2,3)17-14(18)13(16)11-10-12-8-6-5-7-9-12/h1,5-9,13H,10-11,16H2,2-3H3,(H,17,18). The molecule has 0 aliphatic carbocycles. The summed E-state index contributed by atoms with van der Waals surface area (Å²) in [4.78, 5) is 11.8. The number of hydrogen-bond donors (Lipinski definition) is 2. The van der Waals surface area contributed by atoms with Crippen LogP contribution < -0.4 is 11.1 Å². The first-order valence-electron chi connectivity index (χ1n) is 6.04. The first-order chi connectivity index (χ1) is 8.44. The van der Waals surface area contributed by atoms with Gasteiger partial charge in [0.2, 0.25) is 5.91 Å². The van der Waals surface area contributed by atoms with E-state index in [1.807, 2.05) is 30.3 Å². The van der Waals surface area contributed by atoms with E-state index in [4.69, 9.17) is 12.2 Å². The number of aryl methyl sites for hydroxylation is 1. The number of benzene rings is 1. The van der Waals surface area contributed by atoms with Crippen LogP contribution >= 0.6 is 0 Å². The molecule has 0 heterocycles. The van der Waals surface area contributed by atoms with Crippen LogP contribution in [0.2, 0.25) is 0 Å². The molecular weight excluding hydrogens is 224 g/mol. The smallest absolute Gasteiger partial charge is 0.238 e. The predicted octanol–water partition coefficient (Wildman–Crippen LogP) is 1.47. The molecule has 0 fully saturated rings. The maximum absolute atomic E-state index is 11.8. The van der Waals surface area contributed by atoms with Crippen molar-refractivity contribution in [1.29, 1.82) is 0 Å². The number of carbonyl (C=O) groups is 1. The molecule has 0 aliphatic rings. The molecule has 3 heteroatoms. The van der Waals surface area contributed by atoms with E-state index >= 15 is 0 Å². The Balaban J connectivity index is 2.44. The molecule has 96 valence electrons. The molecule has 0 radical (unpaired) electrons. The van der Waals surface area contributed by atoms with Crippen LogP contribution in [-0.2, 0) is 11.2 Å². The zero-order valence-corrected chi connectivity index (χ0v) is 10.9. The fourth-order valence-corrected chi connectivity index (χ4v) is 1.53. The molecule has 1 rings (SSSR count). The van der Waals surface area contributed by atoms with Gasteiger partial charge in [0.05, 0.1) is 11.6 Å². The van der Waals surface area contributed by atoms with Crippen LogP contribution in [0, 0.1) is 12.3 Å². The summed E-state index contributed by atoms with van der Waals surface area (Å²) in [5, 5.41) is 2.74. The monoisotopic (exact) mass is 244 g/mol. The molecule has 1 unspecified atom stereocenters. The fourth-order valence-electron chi connectivity index (χ4n) is 1.53. The predicted molar refractivity (Wildman–Crippen MR) is 73.8 cm³/mol. The molecule has 3 N–H and O–H groups in total.